The summed E-state index contributed by atoms with van der Waals surface area (Å²) in [5.41, 5.74) is 3.37. The van der Waals surface area contributed by atoms with Crippen molar-refractivity contribution < 1.29 is 4.92 Å². The Balaban J connectivity index is 1.84. The number of halogens is 1. The van der Waals surface area contributed by atoms with Gasteiger partial charge < -0.3 is 5.32 Å². The van der Waals surface area contributed by atoms with Crippen molar-refractivity contribution in [1.29, 1.82) is 0 Å². The lowest BCUT2D eigenvalue weighted by molar-refractivity contribution is -0.385. The van der Waals surface area contributed by atoms with E-state index in [1.54, 1.807) is 12.1 Å². The molecule has 4 nitrogen and oxygen atoms in total. The van der Waals surface area contributed by atoms with Crippen LogP contribution in [-0.4, -0.2) is 4.92 Å². The van der Waals surface area contributed by atoms with Crippen molar-refractivity contribution in [2.75, 3.05) is 5.32 Å². The van der Waals surface area contributed by atoms with Gasteiger partial charge in [0.05, 0.1) is 16.7 Å². The van der Waals surface area contributed by atoms with Crippen LogP contribution in [0.15, 0.2) is 59.1 Å². The molecule has 3 atom stereocenters. The summed E-state index contributed by atoms with van der Waals surface area (Å²) in [6, 6.07) is 13.9. The Morgan fingerprint density at radius 2 is 2.00 bits per heavy atom. The lowest BCUT2D eigenvalue weighted by Crippen LogP contribution is -2.29. The maximum Gasteiger partial charge on any atom is 0.271 e. The quantitative estimate of drug-likeness (QED) is 0.449. The summed E-state index contributed by atoms with van der Waals surface area (Å²) in [7, 11) is 0. The maximum absolute atomic E-state index is 11.2. The fourth-order valence-electron chi connectivity index (χ4n) is 3.74. The van der Waals surface area contributed by atoms with Gasteiger partial charge in [-0.3, -0.25) is 10.1 Å². The van der Waals surface area contributed by atoms with Crippen molar-refractivity contribution in [3.8, 4) is 0 Å². The minimum atomic E-state index is -0.331. The first-order valence-corrected chi connectivity index (χ1v) is 8.40. The number of allylic oxidation sites excluding steroid dienone is 2. The summed E-state index contributed by atoms with van der Waals surface area (Å²) < 4.78 is 0.751. The Bertz CT molecular complexity index is 804. The van der Waals surface area contributed by atoms with Crippen LogP contribution in [0.5, 0.6) is 0 Å². The number of fused-ring (bicyclic) bond motifs is 3. The molecule has 5 heteroatoms. The molecule has 0 saturated heterocycles. The van der Waals surface area contributed by atoms with Crippen LogP contribution in [-0.2, 0) is 0 Å². The van der Waals surface area contributed by atoms with Gasteiger partial charge in [-0.1, -0.05) is 42.5 Å². The summed E-state index contributed by atoms with van der Waals surface area (Å²) in [6.45, 7) is 0. The first kappa shape index (κ1) is 14.5. The van der Waals surface area contributed by atoms with E-state index in [0.29, 0.717) is 5.92 Å². The number of hydrogen-bond acceptors (Lipinski definition) is 3. The number of benzene rings is 2. The number of hydrogen-bond donors (Lipinski definition) is 1. The number of nitrogens with zero attached hydrogens (tertiary/aromatic N) is 1. The van der Waals surface area contributed by atoms with Crippen LogP contribution >= 0.6 is 15.9 Å². The van der Waals surface area contributed by atoms with Gasteiger partial charge in [-0.2, -0.15) is 0 Å². The predicted molar refractivity (Wildman–Crippen MR) is 93.6 cm³/mol. The second-order valence-corrected chi connectivity index (χ2v) is 6.89. The van der Waals surface area contributed by atoms with Gasteiger partial charge in [-0.05, 0) is 39.4 Å². The van der Waals surface area contributed by atoms with Gasteiger partial charge >= 0.3 is 0 Å². The fraction of sp³-hybridized carbons (Fsp3) is 0.222. The largest absolute Gasteiger partial charge is 0.377 e. The van der Waals surface area contributed by atoms with E-state index in [9.17, 15) is 10.1 Å². The average Bonchev–Trinajstić information content (AvgIpc) is 3.04. The van der Waals surface area contributed by atoms with E-state index in [2.05, 4.69) is 57.7 Å². The molecule has 4 rings (SSSR count). The molecule has 1 heterocycles. The highest BCUT2D eigenvalue weighted by molar-refractivity contribution is 9.10. The first-order valence-electron chi connectivity index (χ1n) is 7.61. The summed E-state index contributed by atoms with van der Waals surface area (Å²) in [4.78, 5) is 10.8. The summed E-state index contributed by atoms with van der Waals surface area (Å²) in [5.74, 6) is 0.603. The molecule has 0 bridgehead atoms. The second kappa shape index (κ2) is 5.49. The highest BCUT2D eigenvalue weighted by Crippen LogP contribution is 2.52. The first-order chi connectivity index (χ1) is 11.1. The Morgan fingerprint density at radius 3 is 2.74 bits per heavy atom. The number of nitro groups is 1. The van der Waals surface area contributed by atoms with E-state index in [-0.39, 0.29) is 22.6 Å². The van der Waals surface area contributed by atoms with Crippen molar-refractivity contribution >= 4 is 27.3 Å². The Labute approximate surface area is 142 Å². The lowest BCUT2D eigenvalue weighted by atomic mass is 9.77. The molecular weight excluding hydrogens is 356 g/mol. The Kier molecular flexibility index (Phi) is 3.45. The zero-order valence-electron chi connectivity index (χ0n) is 12.3. The molecule has 0 fully saturated rings. The van der Waals surface area contributed by atoms with E-state index in [1.807, 2.05) is 6.07 Å². The molecule has 1 aliphatic heterocycles. The molecule has 2 aromatic carbocycles. The number of nitro benzene ring substituents is 1. The second-order valence-electron chi connectivity index (χ2n) is 6.04. The standard InChI is InChI=1S/C18H15BrN2O2/c19-16-10-12(21(22)23)9-15-13-7-4-8-14(13)17(20-18(15)16)11-5-2-1-3-6-11/h1-7,9-10,13-14,17,20H,8H2/t13-,14+,17-/m1/s1. The SMILES string of the molecule is O=[N+]([O-])c1cc(Br)c2c(c1)[C@@H]1C=CC[C@@H]1[C@@H](c1ccccc1)N2. The lowest BCUT2D eigenvalue weighted by Gasteiger charge is -2.37. The van der Waals surface area contributed by atoms with E-state index in [0.717, 1.165) is 22.1 Å². The minimum Gasteiger partial charge on any atom is -0.377 e. The molecule has 0 spiro atoms. The normalized spacial score (nSPS) is 24.7. The van der Waals surface area contributed by atoms with E-state index in [4.69, 9.17) is 0 Å². The topological polar surface area (TPSA) is 55.2 Å². The molecule has 2 aromatic rings. The molecular formula is C18H15BrN2O2. The van der Waals surface area contributed by atoms with Crippen molar-refractivity contribution in [3.05, 3.63) is 80.3 Å². The number of nitrogens with one attached hydrogen (secondary N) is 1. The van der Waals surface area contributed by atoms with Crippen molar-refractivity contribution in [2.45, 2.75) is 18.4 Å². The summed E-state index contributed by atoms with van der Waals surface area (Å²) in [5, 5.41) is 14.8. The van der Waals surface area contributed by atoms with Crippen LogP contribution in [0.1, 0.15) is 29.5 Å². The third-order valence-electron chi connectivity index (χ3n) is 4.78. The monoisotopic (exact) mass is 370 g/mol. The van der Waals surface area contributed by atoms with E-state index >= 15 is 0 Å². The van der Waals surface area contributed by atoms with Gasteiger partial charge in [0.1, 0.15) is 0 Å². The smallest absolute Gasteiger partial charge is 0.271 e. The third-order valence-corrected chi connectivity index (χ3v) is 5.40. The number of non-ortho nitro benzene ring substituents is 1. The van der Waals surface area contributed by atoms with Gasteiger partial charge in [-0.25, -0.2) is 0 Å². The van der Waals surface area contributed by atoms with Gasteiger partial charge in [0.15, 0.2) is 0 Å². The molecule has 0 aromatic heterocycles. The molecule has 23 heavy (non-hydrogen) atoms. The van der Waals surface area contributed by atoms with Crippen molar-refractivity contribution in [2.24, 2.45) is 5.92 Å². The van der Waals surface area contributed by atoms with E-state index in [1.165, 1.54) is 5.56 Å². The van der Waals surface area contributed by atoms with Crippen LogP contribution in [0.3, 0.4) is 0 Å². The Hall–Kier alpha value is -2.14. The van der Waals surface area contributed by atoms with Crippen LogP contribution in [0.2, 0.25) is 0 Å². The van der Waals surface area contributed by atoms with Crippen LogP contribution in [0.25, 0.3) is 0 Å². The third kappa shape index (κ3) is 2.36. The van der Waals surface area contributed by atoms with E-state index < -0.39 is 0 Å². The summed E-state index contributed by atoms with van der Waals surface area (Å²) >= 11 is 3.51. The predicted octanol–water partition coefficient (Wildman–Crippen LogP) is 5.18. The highest BCUT2D eigenvalue weighted by Gasteiger charge is 2.39. The van der Waals surface area contributed by atoms with Gasteiger partial charge in [0.2, 0.25) is 0 Å². The molecule has 0 amide bonds. The zero-order valence-corrected chi connectivity index (χ0v) is 13.9. The fourth-order valence-corrected chi connectivity index (χ4v) is 4.31. The highest BCUT2D eigenvalue weighted by atomic mass is 79.9. The zero-order chi connectivity index (χ0) is 16.0. The van der Waals surface area contributed by atoms with Gasteiger partial charge in [0.25, 0.3) is 5.69 Å². The Morgan fingerprint density at radius 1 is 1.22 bits per heavy atom. The van der Waals surface area contributed by atoms with Crippen LogP contribution in [0, 0.1) is 16.0 Å². The van der Waals surface area contributed by atoms with Crippen molar-refractivity contribution in [1.82, 2.24) is 0 Å². The number of anilines is 1. The van der Waals surface area contributed by atoms with Crippen molar-refractivity contribution in [3.63, 3.8) is 0 Å². The number of rotatable bonds is 2. The van der Waals surface area contributed by atoms with Gasteiger partial charge in [0, 0.05) is 22.5 Å². The maximum atomic E-state index is 11.2. The molecule has 1 N–H and O–H groups in total. The molecule has 0 unspecified atom stereocenters. The van der Waals surface area contributed by atoms with Crippen LogP contribution < -0.4 is 5.32 Å². The molecule has 1 aliphatic carbocycles. The molecule has 0 radical (unpaired) electrons. The molecule has 2 aliphatic rings. The van der Waals surface area contributed by atoms with Crippen LogP contribution in [0.4, 0.5) is 11.4 Å². The minimum absolute atomic E-state index is 0.134. The summed E-state index contributed by atoms with van der Waals surface area (Å²) in [6.07, 6.45) is 5.36. The molecule has 0 saturated carbocycles. The average molecular weight is 371 g/mol. The molecule has 116 valence electrons. The van der Waals surface area contributed by atoms with Gasteiger partial charge in [-0.15, -0.1) is 0 Å².